The van der Waals surface area contributed by atoms with Gasteiger partial charge in [0.1, 0.15) is 0 Å². The smallest absolute Gasteiger partial charge is 0.251 e. The van der Waals surface area contributed by atoms with Gasteiger partial charge >= 0.3 is 0 Å². The predicted molar refractivity (Wildman–Crippen MR) is 158 cm³/mol. The first-order valence-corrected chi connectivity index (χ1v) is 13.8. The van der Waals surface area contributed by atoms with Crippen LogP contribution in [0.2, 0.25) is 0 Å². The molecule has 40 heavy (non-hydrogen) atoms. The number of anilines is 3. The van der Waals surface area contributed by atoms with Gasteiger partial charge in [-0.2, -0.15) is 15.0 Å². The van der Waals surface area contributed by atoms with Gasteiger partial charge in [-0.25, -0.2) is 0 Å². The van der Waals surface area contributed by atoms with Crippen molar-refractivity contribution in [3.63, 3.8) is 0 Å². The van der Waals surface area contributed by atoms with Crippen molar-refractivity contribution >= 4 is 23.8 Å². The molecule has 3 rings (SSSR count). The lowest BCUT2D eigenvalue weighted by atomic mass is 10.1. The Hall–Kier alpha value is -3.80. The third-order valence-electron chi connectivity index (χ3n) is 5.77. The summed E-state index contributed by atoms with van der Waals surface area (Å²) in [6, 6.07) is 17.5. The summed E-state index contributed by atoms with van der Waals surface area (Å²) < 4.78 is 10.7. The lowest BCUT2D eigenvalue weighted by Gasteiger charge is -2.12. The summed E-state index contributed by atoms with van der Waals surface area (Å²) in [7, 11) is 0. The molecular formula is C29H42N8O3. The molecular weight excluding hydrogens is 508 g/mol. The summed E-state index contributed by atoms with van der Waals surface area (Å²) in [4.78, 5) is 26.0. The van der Waals surface area contributed by atoms with Crippen LogP contribution in [-0.2, 0) is 22.6 Å². The molecule has 0 fully saturated rings. The number of nitrogens with one attached hydrogen (secondary N) is 4. The van der Waals surface area contributed by atoms with E-state index in [0.717, 1.165) is 24.1 Å². The molecule has 11 heteroatoms. The Morgan fingerprint density at radius 2 is 1.32 bits per heavy atom. The lowest BCUT2D eigenvalue weighted by molar-refractivity contribution is 0.0511. The van der Waals surface area contributed by atoms with E-state index in [2.05, 4.69) is 50.1 Å². The summed E-state index contributed by atoms with van der Waals surface area (Å²) in [5, 5.41) is 12.7. The molecule has 0 aliphatic carbocycles. The summed E-state index contributed by atoms with van der Waals surface area (Å²) in [5.74, 6) is 1.91. The molecule has 1 amide bonds. The van der Waals surface area contributed by atoms with E-state index in [0.29, 0.717) is 81.9 Å². The number of benzene rings is 2. The average molecular weight is 551 g/mol. The van der Waals surface area contributed by atoms with Crippen molar-refractivity contribution in [3.05, 3.63) is 71.3 Å². The first-order chi connectivity index (χ1) is 19.5. The Morgan fingerprint density at radius 1 is 0.750 bits per heavy atom. The number of carbonyl (C=O) groups is 1. The van der Waals surface area contributed by atoms with Gasteiger partial charge in [-0.1, -0.05) is 56.3 Å². The van der Waals surface area contributed by atoms with E-state index < -0.39 is 0 Å². The second-order valence-electron chi connectivity index (χ2n) is 9.57. The maximum Gasteiger partial charge on any atom is 0.251 e. The van der Waals surface area contributed by atoms with Gasteiger partial charge in [0.2, 0.25) is 17.8 Å². The molecule has 11 nitrogen and oxygen atoms in total. The van der Waals surface area contributed by atoms with Crippen molar-refractivity contribution in [2.45, 2.75) is 33.4 Å². The van der Waals surface area contributed by atoms with Gasteiger partial charge in [0, 0.05) is 38.3 Å². The van der Waals surface area contributed by atoms with E-state index in [1.54, 1.807) is 12.1 Å². The molecule has 0 aliphatic rings. The normalized spacial score (nSPS) is 10.9. The minimum atomic E-state index is -0.147. The third kappa shape index (κ3) is 11.9. The second kappa shape index (κ2) is 17.7. The zero-order chi connectivity index (χ0) is 28.4. The monoisotopic (exact) mass is 550 g/mol. The van der Waals surface area contributed by atoms with Crippen molar-refractivity contribution in [2.24, 2.45) is 11.7 Å². The molecule has 0 saturated heterocycles. The van der Waals surface area contributed by atoms with Crippen LogP contribution < -0.4 is 27.0 Å². The summed E-state index contributed by atoms with van der Waals surface area (Å²) in [5.41, 5.74) is 8.07. The minimum Gasteiger partial charge on any atom is -0.378 e. The second-order valence-corrected chi connectivity index (χ2v) is 9.57. The van der Waals surface area contributed by atoms with Crippen molar-refractivity contribution in [2.75, 3.05) is 62.0 Å². The molecule has 1 aromatic heterocycles. The van der Waals surface area contributed by atoms with Crippen LogP contribution in [0.3, 0.4) is 0 Å². The van der Waals surface area contributed by atoms with Gasteiger partial charge in [0.25, 0.3) is 5.91 Å². The Kier molecular flexibility index (Phi) is 13.6. The fourth-order valence-electron chi connectivity index (χ4n) is 3.56. The van der Waals surface area contributed by atoms with Crippen molar-refractivity contribution in [1.29, 1.82) is 0 Å². The number of hydrogen-bond donors (Lipinski definition) is 5. The highest BCUT2D eigenvalue weighted by Crippen LogP contribution is 2.13. The summed E-state index contributed by atoms with van der Waals surface area (Å²) in [6.07, 6.45) is 1.01. The highest BCUT2D eigenvalue weighted by Gasteiger charge is 2.09. The SMILES string of the molecule is CC(C)CCNc1nc(NCc2ccccc2)nc(NCc2ccc(C(=O)NCCOCCOCCN)cc2)n1. The molecule has 3 aromatic rings. The highest BCUT2D eigenvalue weighted by atomic mass is 16.5. The molecule has 0 spiro atoms. The van der Waals surface area contributed by atoms with Crippen LogP contribution in [0.25, 0.3) is 0 Å². The first-order valence-electron chi connectivity index (χ1n) is 13.8. The molecule has 0 atom stereocenters. The zero-order valence-electron chi connectivity index (χ0n) is 23.5. The number of nitrogens with zero attached hydrogens (tertiary/aromatic N) is 3. The number of amides is 1. The van der Waals surface area contributed by atoms with Crippen LogP contribution in [0.15, 0.2) is 54.6 Å². The van der Waals surface area contributed by atoms with Crippen molar-refractivity contribution in [1.82, 2.24) is 20.3 Å². The molecule has 6 N–H and O–H groups in total. The fourth-order valence-corrected chi connectivity index (χ4v) is 3.56. The van der Waals surface area contributed by atoms with Gasteiger partial charge in [-0.3, -0.25) is 4.79 Å². The van der Waals surface area contributed by atoms with E-state index >= 15 is 0 Å². The number of aromatic nitrogens is 3. The predicted octanol–water partition coefficient (Wildman–Crippen LogP) is 3.28. The van der Waals surface area contributed by atoms with E-state index in [4.69, 9.17) is 15.2 Å². The molecule has 0 saturated carbocycles. The van der Waals surface area contributed by atoms with E-state index in [9.17, 15) is 4.79 Å². The molecule has 0 bridgehead atoms. The number of nitrogens with two attached hydrogens (primary N) is 1. The number of ether oxygens (including phenoxy) is 2. The van der Waals surface area contributed by atoms with E-state index in [1.807, 2.05) is 42.5 Å². The molecule has 0 unspecified atom stereocenters. The lowest BCUT2D eigenvalue weighted by Crippen LogP contribution is -2.27. The number of hydrogen-bond acceptors (Lipinski definition) is 10. The third-order valence-corrected chi connectivity index (χ3v) is 5.77. The average Bonchev–Trinajstić information content (AvgIpc) is 2.97. The van der Waals surface area contributed by atoms with Gasteiger partial charge in [-0.15, -0.1) is 0 Å². The Labute approximate surface area is 236 Å². The molecule has 1 heterocycles. The Morgan fingerprint density at radius 3 is 1.93 bits per heavy atom. The van der Waals surface area contributed by atoms with Gasteiger partial charge in [-0.05, 0) is 35.6 Å². The van der Waals surface area contributed by atoms with E-state index in [1.165, 1.54) is 0 Å². The topological polar surface area (TPSA) is 148 Å². The van der Waals surface area contributed by atoms with Crippen LogP contribution in [0.1, 0.15) is 41.8 Å². The van der Waals surface area contributed by atoms with Gasteiger partial charge in [0.05, 0.1) is 26.4 Å². The minimum absolute atomic E-state index is 0.147. The quantitative estimate of drug-likeness (QED) is 0.141. The van der Waals surface area contributed by atoms with Gasteiger partial charge < -0.3 is 36.5 Å². The van der Waals surface area contributed by atoms with Crippen LogP contribution in [0.5, 0.6) is 0 Å². The standard InChI is InChI=1S/C29H42N8O3/c1-22(2)12-14-32-27-35-28(33-20-23-6-4-3-5-7-23)37-29(36-27)34-21-24-8-10-25(11-9-24)26(38)31-15-17-40-19-18-39-16-13-30/h3-11,22H,12-21,30H2,1-2H3,(H,31,38)(H3,32,33,34,35,36,37). The number of carbonyl (C=O) groups excluding carboxylic acids is 1. The van der Waals surface area contributed by atoms with E-state index in [-0.39, 0.29) is 5.91 Å². The largest absolute Gasteiger partial charge is 0.378 e. The molecule has 0 radical (unpaired) electrons. The Balaban J connectivity index is 1.50. The summed E-state index contributed by atoms with van der Waals surface area (Å²) in [6.45, 7) is 9.06. The highest BCUT2D eigenvalue weighted by molar-refractivity contribution is 5.94. The summed E-state index contributed by atoms with van der Waals surface area (Å²) >= 11 is 0. The Bertz CT molecular complexity index is 1130. The van der Waals surface area contributed by atoms with Crippen LogP contribution in [0, 0.1) is 5.92 Å². The fraction of sp³-hybridized carbons (Fsp3) is 0.448. The van der Waals surface area contributed by atoms with Crippen molar-refractivity contribution < 1.29 is 14.3 Å². The van der Waals surface area contributed by atoms with Crippen LogP contribution >= 0.6 is 0 Å². The molecule has 216 valence electrons. The zero-order valence-corrected chi connectivity index (χ0v) is 23.5. The molecule has 2 aromatic carbocycles. The molecule has 0 aliphatic heterocycles. The maximum absolute atomic E-state index is 12.4. The van der Waals surface area contributed by atoms with Crippen molar-refractivity contribution in [3.8, 4) is 0 Å². The van der Waals surface area contributed by atoms with Crippen LogP contribution in [0.4, 0.5) is 17.8 Å². The number of rotatable bonds is 19. The van der Waals surface area contributed by atoms with Crippen LogP contribution in [-0.4, -0.2) is 66.9 Å². The first kappa shape index (κ1) is 30.7. The van der Waals surface area contributed by atoms with Gasteiger partial charge in [0.15, 0.2) is 0 Å². The maximum atomic E-state index is 12.4.